The fraction of sp³-hybridized carbons (Fsp3) is 0.700. The van der Waals surface area contributed by atoms with Crippen molar-refractivity contribution < 1.29 is 4.79 Å². The van der Waals surface area contributed by atoms with E-state index in [9.17, 15) is 4.79 Å². The highest BCUT2D eigenvalue weighted by atomic mass is 32.1. The number of anilines is 1. The van der Waals surface area contributed by atoms with Gasteiger partial charge in [-0.1, -0.05) is 6.92 Å². The minimum absolute atomic E-state index is 0.261. The van der Waals surface area contributed by atoms with E-state index < -0.39 is 0 Å². The Labute approximate surface area is 105 Å². The van der Waals surface area contributed by atoms with E-state index in [4.69, 9.17) is 5.73 Å². The second kappa shape index (κ2) is 5.42. The van der Waals surface area contributed by atoms with Crippen LogP contribution in [-0.2, 0) is 11.2 Å². The molecular formula is C10H17N5OS. The van der Waals surface area contributed by atoms with Gasteiger partial charge in [-0.05, 0) is 0 Å². The fourth-order valence-corrected chi connectivity index (χ4v) is 2.64. The van der Waals surface area contributed by atoms with Crippen LogP contribution in [0.1, 0.15) is 12.7 Å². The van der Waals surface area contributed by atoms with Crippen molar-refractivity contribution in [1.82, 2.24) is 14.3 Å². The molecule has 0 spiro atoms. The molecule has 2 N–H and O–H groups in total. The summed E-state index contributed by atoms with van der Waals surface area (Å²) in [7, 11) is 0. The van der Waals surface area contributed by atoms with E-state index in [0.29, 0.717) is 6.54 Å². The van der Waals surface area contributed by atoms with Crippen LogP contribution >= 0.6 is 11.5 Å². The number of aryl methyl sites for hydroxylation is 1. The van der Waals surface area contributed by atoms with E-state index >= 15 is 0 Å². The molecule has 1 amide bonds. The zero-order valence-electron chi connectivity index (χ0n) is 9.93. The van der Waals surface area contributed by atoms with Gasteiger partial charge < -0.3 is 10.6 Å². The molecule has 1 saturated heterocycles. The van der Waals surface area contributed by atoms with Crippen molar-refractivity contribution >= 4 is 22.6 Å². The molecule has 1 aromatic heterocycles. The number of rotatable bonds is 4. The lowest BCUT2D eigenvalue weighted by Crippen LogP contribution is -2.48. The molecule has 0 atom stereocenters. The first-order valence-corrected chi connectivity index (χ1v) is 6.54. The van der Waals surface area contributed by atoms with Crippen LogP contribution in [0.4, 0.5) is 5.13 Å². The van der Waals surface area contributed by atoms with Crippen LogP contribution in [0, 0.1) is 0 Å². The van der Waals surface area contributed by atoms with Crippen LogP contribution in [0.3, 0.4) is 0 Å². The van der Waals surface area contributed by atoms with Gasteiger partial charge in [0.15, 0.2) is 0 Å². The van der Waals surface area contributed by atoms with Gasteiger partial charge in [0.05, 0.1) is 6.54 Å². The summed E-state index contributed by atoms with van der Waals surface area (Å²) in [6, 6.07) is 0. The van der Waals surface area contributed by atoms with Crippen LogP contribution < -0.4 is 10.6 Å². The summed E-state index contributed by atoms with van der Waals surface area (Å²) in [5.74, 6) is 0.646. The molecule has 2 heterocycles. The molecule has 0 radical (unpaired) electrons. The molecule has 0 unspecified atom stereocenters. The molecule has 1 aromatic rings. The molecule has 0 bridgehead atoms. The van der Waals surface area contributed by atoms with Crippen molar-refractivity contribution in [2.24, 2.45) is 5.73 Å². The number of primary amides is 1. The average Bonchev–Trinajstić information content (AvgIpc) is 2.78. The molecule has 0 aromatic carbocycles. The Bertz CT molecular complexity index is 386. The number of nitrogens with two attached hydrogens (primary N) is 1. The molecule has 0 aliphatic carbocycles. The second-order valence-electron chi connectivity index (χ2n) is 4.08. The molecule has 2 rings (SSSR count). The zero-order chi connectivity index (χ0) is 12.3. The minimum atomic E-state index is -0.261. The van der Waals surface area contributed by atoms with Crippen molar-refractivity contribution in [3.63, 3.8) is 0 Å². The van der Waals surface area contributed by atoms with Crippen molar-refractivity contribution in [2.45, 2.75) is 13.3 Å². The highest BCUT2D eigenvalue weighted by Gasteiger charge is 2.20. The van der Waals surface area contributed by atoms with Gasteiger partial charge in [-0.3, -0.25) is 9.69 Å². The van der Waals surface area contributed by atoms with Crippen LogP contribution in [0.25, 0.3) is 0 Å². The smallest absolute Gasteiger partial charge is 0.231 e. The molecule has 1 aliphatic heterocycles. The van der Waals surface area contributed by atoms with Gasteiger partial charge >= 0.3 is 0 Å². The van der Waals surface area contributed by atoms with Gasteiger partial charge in [0.25, 0.3) is 0 Å². The predicted molar refractivity (Wildman–Crippen MR) is 67.1 cm³/mol. The third-order valence-corrected chi connectivity index (χ3v) is 3.61. The summed E-state index contributed by atoms with van der Waals surface area (Å²) in [5, 5.41) is 0.987. The maximum atomic E-state index is 10.8. The fourth-order valence-electron chi connectivity index (χ4n) is 1.83. The first kappa shape index (κ1) is 12.3. The highest BCUT2D eigenvalue weighted by Crippen LogP contribution is 2.18. The van der Waals surface area contributed by atoms with E-state index in [-0.39, 0.29) is 5.91 Å². The molecule has 0 saturated carbocycles. The Hall–Kier alpha value is -1.21. The lowest BCUT2D eigenvalue weighted by atomic mass is 10.3. The van der Waals surface area contributed by atoms with E-state index in [2.05, 4.69) is 26.1 Å². The molecule has 94 valence electrons. The molecule has 1 fully saturated rings. The standard InChI is InChI=1S/C10H17N5OS/c1-2-9-12-10(17-13-9)15-5-3-14(4-6-15)7-8(11)16/h2-7H2,1H3,(H2,11,16). The predicted octanol–water partition coefficient (Wildman–Crippen LogP) is -0.292. The molecule has 7 heteroatoms. The number of hydrogen-bond donors (Lipinski definition) is 1. The largest absolute Gasteiger partial charge is 0.369 e. The van der Waals surface area contributed by atoms with Gasteiger partial charge in [-0.15, -0.1) is 0 Å². The lowest BCUT2D eigenvalue weighted by Gasteiger charge is -2.33. The SMILES string of the molecule is CCc1nsc(N2CCN(CC(N)=O)CC2)n1. The molecular weight excluding hydrogens is 238 g/mol. The normalized spacial score (nSPS) is 17.4. The summed E-state index contributed by atoms with van der Waals surface area (Å²) in [4.78, 5) is 19.6. The van der Waals surface area contributed by atoms with E-state index in [1.807, 2.05) is 0 Å². The number of carbonyl (C=O) groups excluding carboxylic acids is 1. The monoisotopic (exact) mass is 255 g/mol. The maximum Gasteiger partial charge on any atom is 0.231 e. The first-order valence-electron chi connectivity index (χ1n) is 5.77. The minimum Gasteiger partial charge on any atom is -0.369 e. The van der Waals surface area contributed by atoms with Crippen LogP contribution in [0.2, 0.25) is 0 Å². The van der Waals surface area contributed by atoms with Crippen LogP contribution in [0.5, 0.6) is 0 Å². The number of piperazine rings is 1. The highest BCUT2D eigenvalue weighted by molar-refractivity contribution is 7.09. The number of nitrogens with zero attached hydrogens (tertiary/aromatic N) is 4. The average molecular weight is 255 g/mol. The molecule has 6 nitrogen and oxygen atoms in total. The summed E-state index contributed by atoms with van der Waals surface area (Å²) < 4.78 is 4.28. The van der Waals surface area contributed by atoms with Crippen molar-refractivity contribution in [3.05, 3.63) is 5.82 Å². The second-order valence-corrected chi connectivity index (χ2v) is 4.81. The Kier molecular flexibility index (Phi) is 3.90. The third-order valence-electron chi connectivity index (χ3n) is 2.80. The number of hydrogen-bond acceptors (Lipinski definition) is 6. The third kappa shape index (κ3) is 3.13. The van der Waals surface area contributed by atoms with Gasteiger partial charge in [-0.25, -0.2) is 4.98 Å². The quantitative estimate of drug-likeness (QED) is 0.800. The Morgan fingerprint density at radius 1 is 1.41 bits per heavy atom. The van der Waals surface area contributed by atoms with Crippen LogP contribution in [-0.4, -0.2) is 52.9 Å². The van der Waals surface area contributed by atoms with Crippen molar-refractivity contribution in [2.75, 3.05) is 37.6 Å². The Morgan fingerprint density at radius 2 is 2.12 bits per heavy atom. The Morgan fingerprint density at radius 3 is 2.65 bits per heavy atom. The number of carbonyl (C=O) groups is 1. The topological polar surface area (TPSA) is 75.3 Å². The molecule has 1 aliphatic rings. The van der Waals surface area contributed by atoms with Crippen molar-refractivity contribution in [3.8, 4) is 0 Å². The summed E-state index contributed by atoms with van der Waals surface area (Å²) in [6.07, 6.45) is 0.873. The number of aromatic nitrogens is 2. The van der Waals surface area contributed by atoms with E-state index in [0.717, 1.165) is 43.6 Å². The number of amides is 1. The zero-order valence-corrected chi connectivity index (χ0v) is 10.7. The Balaban J connectivity index is 1.88. The van der Waals surface area contributed by atoms with E-state index in [1.165, 1.54) is 11.5 Å². The van der Waals surface area contributed by atoms with Crippen LogP contribution in [0.15, 0.2) is 0 Å². The van der Waals surface area contributed by atoms with E-state index in [1.54, 1.807) is 0 Å². The van der Waals surface area contributed by atoms with Gasteiger partial charge in [-0.2, -0.15) is 4.37 Å². The van der Waals surface area contributed by atoms with Gasteiger partial charge in [0.2, 0.25) is 11.0 Å². The van der Waals surface area contributed by atoms with Gasteiger partial charge in [0, 0.05) is 44.1 Å². The maximum absolute atomic E-state index is 10.8. The lowest BCUT2D eigenvalue weighted by molar-refractivity contribution is -0.119. The summed E-state index contributed by atoms with van der Waals surface area (Å²) in [6.45, 7) is 5.87. The van der Waals surface area contributed by atoms with Crippen molar-refractivity contribution in [1.29, 1.82) is 0 Å². The first-order chi connectivity index (χ1) is 8.19. The summed E-state index contributed by atoms with van der Waals surface area (Å²) in [5.41, 5.74) is 5.18. The van der Waals surface area contributed by atoms with Gasteiger partial charge in [0.1, 0.15) is 5.82 Å². The molecule has 17 heavy (non-hydrogen) atoms. The summed E-state index contributed by atoms with van der Waals surface area (Å²) >= 11 is 1.45.